The largest absolute Gasteiger partial charge is 0.353 e. The summed E-state index contributed by atoms with van der Waals surface area (Å²) in [6, 6.07) is 0. The van der Waals surface area contributed by atoms with Gasteiger partial charge in [0, 0.05) is 13.1 Å². The maximum atomic E-state index is 11.8. The van der Waals surface area contributed by atoms with Crippen LogP contribution in [0.25, 0.3) is 0 Å². The number of hydrogen-bond acceptors (Lipinski definition) is 3. The molecule has 0 spiro atoms. The minimum atomic E-state index is -0.490. The Balaban J connectivity index is 3.27. The summed E-state index contributed by atoms with van der Waals surface area (Å²) in [4.78, 5) is 27.0. The van der Waals surface area contributed by atoms with Gasteiger partial charge in [0.05, 0.1) is 7.85 Å². The predicted molar refractivity (Wildman–Crippen MR) is 58.3 cm³/mol. The lowest BCUT2D eigenvalue weighted by Crippen LogP contribution is -2.42. The van der Waals surface area contributed by atoms with Gasteiger partial charge in [-0.3, -0.25) is 4.57 Å². The van der Waals surface area contributed by atoms with Gasteiger partial charge in [-0.15, -0.1) is 0 Å². The monoisotopic (exact) mass is 207 g/mol. The molecule has 0 atom stereocenters. The van der Waals surface area contributed by atoms with Gasteiger partial charge in [0.15, 0.2) is 0 Å². The standard InChI is InChI=1S/C9H14BN3O2/c1-3-12-7(2)11-8(14)13(9(12)15)6-4-5-10/h3-6H2,1-2H3. The first-order valence-electron chi connectivity index (χ1n) is 5.00. The Bertz CT molecular complexity index is 450. The molecule has 80 valence electrons. The molecule has 2 radical (unpaired) electrons. The summed E-state index contributed by atoms with van der Waals surface area (Å²) in [6.45, 7) is 4.34. The molecule has 0 saturated heterocycles. The van der Waals surface area contributed by atoms with Crippen molar-refractivity contribution in [1.29, 1.82) is 0 Å². The number of nitrogens with zero attached hydrogens (tertiary/aromatic N) is 3. The Morgan fingerprint density at radius 3 is 2.53 bits per heavy atom. The average Bonchev–Trinajstić information content (AvgIpc) is 2.17. The van der Waals surface area contributed by atoms with E-state index in [1.807, 2.05) is 6.92 Å². The Kier molecular flexibility index (Phi) is 3.88. The molecular weight excluding hydrogens is 193 g/mol. The predicted octanol–water partition coefficient (Wildman–Crippen LogP) is -0.290. The van der Waals surface area contributed by atoms with E-state index in [1.54, 1.807) is 6.92 Å². The first-order valence-corrected chi connectivity index (χ1v) is 5.00. The van der Waals surface area contributed by atoms with Crippen molar-refractivity contribution >= 4 is 7.85 Å². The van der Waals surface area contributed by atoms with E-state index in [9.17, 15) is 9.59 Å². The highest BCUT2D eigenvalue weighted by atomic mass is 16.2. The SMILES string of the molecule is [B]CCCn1c(=O)nc(C)n(CC)c1=O. The normalized spacial score (nSPS) is 10.5. The number of aromatic nitrogens is 3. The maximum Gasteiger partial charge on any atom is 0.353 e. The Morgan fingerprint density at radius 1 is 1.33 bits per heavy atom. The quantitative estimate of drug-likeness (QED) is 0.637. The van der Waals surface area contributed by atoms with Gasteiger partial charge in [0.2, 0.25) is 0 Å². The highest BCUT2D eigenvalue weighted by Crippen LogP contribution is 1.89. The molecule has 0 N–H and O–H groups in total. The van der Waals surface area contributed by atoms with Crippen molar-refractivity contribution in [2.45, 2.75) is 39.7 Å². The van der Waals surface area contributed by atoms with Crippen molar-refractivity contribution in [2.75, 3.05) is 0 Å². The van der Waals surface area contributed by atoms with Crippen LogP contribution in [0, 0.1) is 6.92 Å². The summed E-state index contributed by atoms with van der Waals surface area (Å²) in [5, 5.41) is 0. The zero-order valence-corrected chi connectivity index (χ0v) is 9.06. The molecule has 0 amide bonds. The third-order valence-electron chi connectivity index (χ3n) is 2.24. The van der Waals surface area contributed by atoms with E-state index in [2.05, 4.69) is 4.98 Å². The van der Waals surface area contributed by atoms with Crippen LogP contribution in [0.2, 0.25) is 6.32 Å². The maximum absolute atomic E-state index is 11.8. The fourth-order valence-electron chi connectivity index (χ4n) is 1.43. The molecule has 0 aliphatic rings. The molecular formula is C9H14BN3O2. The molecule has 0 aliphatic carbocycles. The average molecular weight is 207 g/mol. The van der Waals surface area contributed by atoms with E-state index in [4.69, 9.17) is 7.85 Å². The highest BCUT2D eigenvalue weighted by molar-refractivity contribution is 6.08. The van der Waals surface area contributed by atoms with Crippen LogP contribution < -0.4 is 11.4 Å². The van der Waals surface area contributed by atoms with Crippen LogP contribution in [0.3, 0.4) is 0 Å². The lowest BCUT2D eigenvalue weighted by molar-refractivity contribution is 0.520. The van der Waals surface area contributed by atoms with Crippen molar-refractivity contribution in [3.8, 4) is 0 Å². The third kappa shape index (κ3) is 2.37. The summed E-state index contributed by atoms with van der Waals surface area (Å²) in [5.74, 6) is 0.455. The lowest BCUT2D eigenvalue weighted by atomic mass is 10.0. The van der Waals surface area contributed by atoms with Crippen LogP contribution in [0.5, 0.6) is 0 Å². The zero-order chi connectivity index (χ0) is 11.4. The zero-order valence-electron chi connectivity index (χ0n) is 9.06. The molecule has 0 unspecified atom stereocenters. The summed E-state index contributed by atoms with van der Waals surface area (Å²) < 4.78 is 2.60. The van der Waals surface area contributed by atoms with Crippen LogP contribution in [0.15, 0.2) is 9.59 Å². The topological polar surface area (TPSA) is 56.9 Å². The van der Waals surface area contributed by atoms with Gasteiger partial charge in [-0.25, -0.2) is 14.2 Å². The van der Waals surface area contributed by atoms with E-state index >= 15 is 0 Å². The molecule has 1 aromatic heterocycles. The van der Waals surface area contributed by atoms with E-state index in [0.717, 1.165) is 4.57 Å². The second-order valence-electron chi connectivity index (χ2n) is 3.26. The summed E-state index contributed by atoms with van der Waals surface area (Å²) in [5.41, 5.74) is -0.792. The lowest BCUT2D eigenvalue weighted by Gasteiger charge is -2.09. The minimum Gasteiger partial charge on any atom is -0.282 e. The van der Waals surface area contributed by atoms with Crippen molar-refractivity contribution in [3.63, 3.8) is 0 Å². The smallest absolute Gasteiger partial charge is 0.282 e. The third-order valence-corrected chi connectivity index (χ3v) is 2.24. The summed E-state index contributed by atoms with van der Waals surface area (Å²) in [7, 11) is 5.33. The van der Waals surface area contributed by atoms with Crippen LogP contribution in [0.4, 0.5) is 0 Å². The molecule has 0 aromatic carbocycles. The fraction of sp³-hybridized carbons (Fsp3) is 0.667. The highest BCUT2D eigenvalue weighted by Gasteiger charge is 2.07. The van der Waals surface area contributed by atoms with Crippen LogP contribution in [-0.2, 0) is 13.1 Å². The second kappa shape index (κ2) is 4.95. The molecule has 1 rings (SSSR count). The minimum absolute atomic E-state index is 0.302. The van der Waals surface area contributed by atoms with Crippen molar-refractivity contribution in [3.05, 3.63) is 26.8 Å². The van der Waals surface area contributed by atoms with Crippen molar-refractivity contribution in [2.24, 2.45) is 0 Å². The van der Waals surface area contributed by atoms with Gasteiger partial charge >= 0.3 is 11.4 Å². The van der Waals surface area contributed by atoms with Gasteiger partial charge in [0.25, 0.3) is 0 Å². The molecule has 1 heterocycles. The molecule has 0 saturated carbocycles. The van der Waals surface area contributed by atoms with Gasteiger partial charge in [0.1, 0.15) is 5.82 Å². The van der Waals surface area contributed by atoms with Crippen molar-refractivity contribution in [1.82, 2.24) is 14.1 Å². The molecule has 0 bridgehead atoms. The molecule has 0 aliphatic heterocycles. The molecule has 1 aromatic rings. The van der Waals surface area contributed by atoms with E-state index in [-0.39, 0.29) is 5.69 Å². The van der Waals surface area contributed by atoms with Gasteiger partial charge in [-0.1, -0.05) is 6.32 Å². The number of hydrogen-bond donors (Lipinski definition) is 0. The van der Waals surface area contributed by atoms with Crippen molar-refractivity contribution < 1.29 is 0 Å². The first-order chi connectivity index (χ1) is 7.11. The van der Waals surface area contributed by atoms with E-state index in [0.29, 0.717) is 31.7 Å². The summed E-state index contributed by atoms with van der Waals surface area (Å²) >= 11 is 0. The van der Waals surface area contributed by atoms with Gasteiger partial charge in [-0.05, 0) is 20.3 Å². The second-order valence-corrected chi connectivity index (χ2v) is 3.26. The Hall–Kier alpha value is -1.33. The van der Waals surface area contributed by atoms with Crippen LogP contribution in [0.1, 0.15) is 19.2 Å². The van der Waals surface area contributed by atoms with Gasteiger partial charge < -0.3 is 0 Å². The van der Waals surface area contributed by atoms with Crippen LogP contribution >= 0.6 is 0 Å². The number of aryl methyl sites for hydroxylation is 1. The van der Waals surface area contributed by atoms with Crippen LogP contribution in [-0.4, -0.2) is 22.0 Å². The fourth-order valence-corrected chi connectivity index (χ4v) is 1.43. The molecule has 5 nitrogen and oxygen atoms in total. The summed E-state index contributed by atoms with van der Waals surface area (Å²) in [6.07, 6.45) is 1.05. The Labute approximate surface area is 89.2 Å². The van der Waals surface area contributed by atoms with Gasteiger partial charge in [-0.2, -0.15) is 4.98 Å². The molecule has 15 heavy (non-hydrogen) atoms. The van der Waals surface area contributed by atoms with E-state index < -0.39 is 5.69 Å². The Morgan fingerprint density at radius 2 is 2.00 bits per heavy atom. The molecule has 0 fully saturated rings. The number of rotatable bonds is 4. The first kappa shape index (κ1) is 11.7. The molecule has 6 heteroatoms. The van der Waals surface area contributed by atoms with E-state index in [1.165, 1.54) is 4.57 Å².